The third-order valence-corrected chi connectivity index (χ3v) is 5.13. The minimum atomic E-state index is -1.09. The number of likely N-dealkylation sites (tertiary alicyclic amines) is 1. The number of carbonyl (C=O) groups excluding carboxylic acids is 5. The maximum absolute atomic E-state index is 13.1. The van der Waals surface area contributed by atoms with Crippen LogP contribution in [0.2, 0.25) is 0 Å². The molecule has 3 heterocycles. The molecule has 12 nitrogen and oxygen atoms in total. The third kappa shape index (κ3) is 4.36. The molecule has 0 spiro atoms. The molecule has 2 aliphatic heterocycles. The zero-order valence-electron chi connectivity index (χ0n) is 15.9. The second-order valence-electron chi connectivity index (χ2n) is 7.09. The Bertz CT molecular complexity index is 806. The lowest BCUT2D eigenvalue weighted by Gasteiger charge is -2.31. The maximum atomic E-state index is 13.1. The Morgan fingerprint density at radius 3 is 2.76 bits per heavy atom. The van der Waals surface area contributed by atoms with Crippen LogP contribution in [-0.2, 0) is 25.6 Å². The largest absolute Gasteiger partial charge is 0.368 e. The monoisotopic (exact) mass is 405 g/mol. The summed E-state index contributed by atoms with van der Waals surface area (Å²) < 4.78 is 0. The highest BCUT2D eigenvalue weighted by atomic mass is 16.2. The Hall–Kier alpha value is -3.44. The van der Waals surface area contributed by atoms with Crippen LogP contribution in [0.4, 0.5) is 4.79 Å². The first-order valence-corrected chi connectivity index (χ1v) is 9.22. The predicted octanol–water partition coefficient (Wildman–Crippen LogP) is -2.15. The predicted molar refractivity (Wildman–Crippen MR) is 97.9 cm³/mol. The summed E-state index contributed by atoms with van der Waals surface area (Å²) in [6.45, 7) is 0.352. The molecule has 3 rings (SSSR count). The summed E-state index contributed by atoms with van der Waals surface area (Å²) in [7, 11) is 1.31. The minimum Gasteiger partial charge on any atom is -0.368 e. The molecule has 0 bridgehead atoms. The van der Waals surface area contributed by atoms with Crippen LogP contribution in [0.5, 0.6) is 0 Å². The summed E-state index contributed by atoms with van der Waals surface area (Å²) in [6.07, 6.45) is 3.93. The normalized spacial score (nSPS) is 22.9. The van der Waals surface area contributed by atoms with E-state index in [-0.39, 0.29) is 12.8 Å². The average molecular weight is 405 g/mol. The molecule has 156 valence electrons. The number of amides is 6. The quantitative estimate of drug-likeness (QED) is 0.420. The molecule has 2 aliphatic rings. The number of nitrogens with one attached hydrogen (secondary N) is 3. The van der Waals surface area contributed by atoms with E-state index in [4.69, 9.17) is 5.73 Å². The van der Waals surface area contributed by atoms with Crippen molar-refractivity contribution >= 4 is 29.7 Å². The molecule has 6 amide bonds. The molecule has 1 unspecified atom stereocenters. The zero-order chi connectivity index (χ0) is 21.1. The van der Waals surface area contributed by atoms with E-state index in [1.807, 2.05) is 0 Å². The first-order valence-electron chi connectivity index (χ1n) is 9.22. The summed E-state index contributed by atoms with van der Waals surface area (Å²) >= 11 is 0. The van der Waals surface area contributed by atoms with Crippen LogP contribution in [0.25, 0.3) is 0 Å². The Labute approximate surface area is 166 Å². The van der Waals surface area contributed by atoms with Crippen LogP contribution in [-0.4, -0.2) is 81.1 Å². The van der Waals surface area contributed by atoms with Crippen LogP contribution >= 0.6 is 0 Å². The molecular weight excluding hydrogens is 382 g/mol. The second kappa shape index (κ2) is 8.29. The molecule has 2 saturated heterocycles. The summed E-state index contributed by atoms with van der Waals surface area (Å²) in [4.78, 5) is 70.1. The molecule has 29 heavy (non-hydrogen) atoms. The molecule has 1 aromatic heterocycles. The van der Waals surface area contributed by atoms with Gasteiger partial charge in [0.05, 0.1) is 12.7 Å². The number of imidazole rings is 1. The number of hydrogen-bond acceptors (Lipinski definition) is 6. The lowest BCUT2D eigenvalue weighted by Crippen LogP contribution is -2.61. The van der Waals surface area contributed by atoms with Gasteiger partial charge in [0, 0.05) is 31.9 Å². The van der Waals surface area contributed by atoms with Gasteiger partial charge in [-0.1, -0.05) is 0 Å². The van der Waals surface area contributed by atoms with Gasteiger partial charge in [0.1, 0.15) is 18.1 Å². The number of imide groups is 1. The zero-order valence-corrected chi connectivity index (χ0v) is 15.9. The topological polar surface area (TPSA) is 171 Å². The Kier molecular flexibility index (Phi) is 5.80. The van der Waals surface area contributed by atoms with E-state index in [2.05, 4.69) is 20.6 Å². The van der Waals surface area contributed by atoms with Gasteiger partial charge in [0.2, 0.25) is 23.6 Å². The fraction of sp³-hybridized carbons (Fsp3) is 0.529. The number of urea groups is 1. The second-order valence-corrected chi connectivity index (χ2v) is 7.09. The van der Waals surface area contributed by atoms with E-state index < -0.39 is 47.8 Å². The molecule has 3 atom stereocenters. The van der Waals surface area contributed by atoms with Crippen LogP contribution in [0.3, 0.4) is 0 Å². The number of primary amides is 1. The lowest BCUT2D eigenvalue weighted by molar-refractivity contribution is -0.141. The van der Waals surface area contributed by atoms with Gasteiger partial charge in [-0.25, -0.2) is 9.78 Å². The first-order chi connectivity index (χ1) is 13.8. The maximum Gasteiger partial charge on any atom is 0.324 e. The number of H-pyrrole nitrogens is 1. The summed E-state index contributed by atoms with van der Waals surface area (Å²) in [5.74, 6) is -2.22. The van der Waals surface area contributed by atoms with Crippen LogP contribution in [0, 0.1) is 0 Å². The standard InChI is InChI=1S/C17H23N7O5/c1-23-13(25)6-10(22-17(23)29)15(27)21-11(5-9-7-19-8-20-9)16(28)24-4-2-3-12(24)14(18)26/h7-8,10-12H,2-6H2,1H3,(H2,18,26)(H,19,20)(H,21,27)(H,22,29)/t10-,11-,12?/m0/s1. The van der Waals surface area contributed by atoms with Gasteiger partial charge in [-0.15, -0.1) is 0 Å². The summed E-state index contributed by atoms with van der Waals surface area (Å²) in [5, 5.41) is 5.03. The molecule has 1 aromatic rings. The smallest absolute Gasteiger partial charge is 0.324 e. The minimum absolute atomic E-state index is 0.0983. The van der Waals surface area contributed by atoms with Gasteiger partial charge in [-0.05, 0) is 12.8 Å². The van der Waals surface area contributed by atoms with Crippen molar-refractivity contribution in [2.75, 3.05) is 13.6 Å². The molecule has 2 fully saturated rings. The van der Waals surface area contributed by atoms with E-state index in [0.29, 0.717) is 25.1 Å². The van der Waals surface area contributed by atoms with E-state index in [1.165, 1.54) is 24.5 Å². The molecule has 5 N–H and O–H groups in total. The molecular formula is C17H23N7O5. The van der Waals surface area contributed by atoms with Crippen LogP contribution in [0.1, 0.15) is 25.0 Å². The number of aromatic nitrogens is 2. The average Bonchev–Trinajstić information content (AvgIpc) is 3.36. The first kappa shape index (κ1) is 20.3. The van der Waals surface area contributed by atoms with Crippen LogP contribution in [0.15, 0.2) is 12.5 Å². The van der Waals surface area contributed by atoms with Crippen molar-refractivity contribution in [3.63, 3.8) is 0 Å². The van der Waals surface area contributed by atoms with Crippen molar-refractivity contribution in [2.45, 2.75) is 43.8 Å². The van der Waals surface area contributed by atoms with Crippen molar-refractivity contribution in [3.8, 4) is 0 Å². The number of nitrogens with two attached hydrogens (primary N) is 1. The lowest BCUT2D eigenvalue weighted by atomic mass is 10.1. The molecule has 0 aliphatic carbocycles. The third-order valence-electron chi connectivity index (χ3n) is 5.13. The van der Waals surface area contributed by atoms with Gasteiger partial charge in [-0.2, -0.15) is 0 Å². The fourth-order valence-electron chi connectivity index (χ4n) is 3.50. The molecule has 12 heteroatoms. The Balaban J connectivity index is 1.76. The van der Waals surface area contributed by atoms with Crippen molar-refractivity contribution < 1.29 is 24.0 Å². The number of aromatic amines is 1. The van der Waals surface area contributed by atoms with E-state index >= 15 is 0 Å². The number of carbonyl (C=O) groups is 5. The van der Waals surface area contributed by atoms with Crippen molar-refractivity contribution in [1.29, 1.82) is 0 Å². The van der Waals surface area contributed by atoms with E-state index in [1.54, 1.807) is 0 Å². The number of hydrogen-bond donors (Lipinski definition) is 4. The number of rotatable bonds is 6. The van der Waals surface area contributed by atoms with Crippen molar-refractivity contribution in [2.24, 2.45) is 5.73 Å². The van der Waals surface area contributed by atoms with E-state index in [0.717, 1.165) is 4.90 Å². The number of nitrogens with zero attached hydrogens (tertiary/aromatic N) is 3. The van der Waals surface area contributed by atoms with Gasteiger partial charge >= 0.3 is 6.03 Å². The summed E-state index contributed by atoms with van der Waals surface area (Å²) in [6, 6.07) is -3.53. The highest BCUT2D eigenvalue weighted by Crippen LogP contribution is 2.19. The van der Waals surface area contributed by atoms with Gasteiger partial charge in [0.15, 0.2) is 0 Å². The Morgan fingerprint density at radius 2 is 2.14 bits per heavy atom. The van der Waals surface area contributed by atoms with Crippen molar-refractivity contribution in [1.82, 2.24) is 30.4 Å². The fourth-order valence-corrected chi connectivity index (χ4v) is 3.50. The highest BCUT2D eigenvalue weighted by Gasteiger charge is 2.39. The van der Waals surface area contributed by atoms with Gasteiger partial charge in [-0.3, -0.25) is 24.1 Å². The van der Waals surface area contributed by atoms with Gasteiger partial charge < -0.3 is 26.3 Å². The van der Waals surface area contributed by atoms with E-state index in [9.17, 15) is 24.0 Å². The summed E-state index contributed by atoms with van der Waals surface area (Å²) in [5.41, 5.74) is 6.00. The molecule has 0 radical (unpaired) electrons. The Morgan fingerprint density at radius 1 is 1.38 bits per heavy atom. The van der Waals surface area contributed by atoms with Crippen molar-refractivity contribution in [3.05, 3.63) is 18.2 Å². The van der Waals surface area contributed by atoms with Crippen LogP contribution < -0.4 is 16.4 Å². The SMILES string of the molecule is CN1C(=O)C[C@@H](C(=O)N[C@@H](Cc2cnc[nH]2)C(=O)N2CCCC2C(N)=O)NC1=O. The molecule has 0 aromatic carbocycles. The highest BCUT2D eigenvalue weighted by molar-refractivity contribution is 6.03. The molecule has 0 saturated carbocycles. The van der Waals surface area contributed by atoms with Gasteiger partial charge in [0.25, 0.3) is 0 Å².